The molecule has 0 unspecified atom stereocenters. The summed E-state index contributed by atoms with van der Waals surface area (Å²) in [5.41, 5.74) is 10.7. The molecule has 1 aliphatic carbocycles. The Balaban J connectivity index is 1.15. The molecule has 0 amide bonds. The lowest BCUT2D eigenvalue weighted by Gasteiger charge is -2.22. The van der Waals surface area contributed by atoms with Crippen LogP contribution in [0.25, 0.3) is 76.5 Å². The predicted octanol–water partition coefficient (Wildman–Crippen LogP) is 11.4. The summed E-state index contributed by atoms with van der Waals surface area (Å²) in [7, 11) is 0. The zero-order valence-electron chi connectivity index (χ0n) is 23.2. The highest BCUT2D eigenvalue weighted by molar-refractivity contribution is 6.25. The summed E-state index contributed by atoms with van der Waals surface area (Å²) in [6, 6.07) is 49.9. The van der Waals surface area contributed by atoms with Gasteiger partial charge in [0.15, 0.2) is 0 Å². The van der Waals surface area contributed by atoms with Crippen LogP contribution in [-0.4, -0.2) is 0 Å². The molecule has 0 N–H and O–H groups in total. The summed E-state index contributed by atoms with van der Waals surface area (Å²) in [5, 5.41) is 10.6. The summed E-state index contributed by atoms with van der Waals surface area (Å²) in [6.45, 7) is 4.74. The van der Waals surface area contributed by atoms with Crippen molar-refractivity contribution in [2.75, 3.05) is 0 Å². The van der Waals surface area contributed by atoms with E-state index in [1.165, 1.54) is 87.6 Å². The minimum atomic E-state index is -0.0353. The van der Waals surface area contributed by atoms with Gasteiger partial charge in [0.05, 0.1) is 0 Å². The van der Waals surface area contributed by atoms with Crippen molar-refractivity contribution < 1.29 is 0 Å². The van der Waals surface area contributed by atoms with E-state index in [1.54, 1.807) is 0 Å². The molecule has 41 heavy (non-hydrogen) atoms. The molecule has 0 saturated carbocycles. The molecule has 1 aliphatic rings. The molecule has 9 rings (SSSR count). The fourth-order valence-electron chi connectivity index (χ4n) is 7.52. The fourth-order valence-corrected chi connectivity index (χ4v) is 7.52. The van der Waals surface area contributed by atoms with Crippen molar-refractivity contribution >= 4 is 43.1 Å². The molecule has 0 radical (unpaired) electrons. The molecule has 8 aromatic rings. The molecular weight excluding hydrogens is 492 g/mol. The first-order chi connectivity index (χ1) is 20.1. The average molecular weight is 521 g/mol. The van der Waals surface area contributed by atoms with Crippen LogP contribution in [-0.2, 0) is 5.41 Å². The average Bonchev–Trinajstić information content (AvgIpc) is 3.26. The zero-order chi connectivity index (χ0) is 27.3. The van der Waals surface area contributed by atoms with E-state index in [0.29, 0.717) is 0 Å². The summed E-state index contributed by atoms with van der Waals surface area (Å²) in [5.74, 6) is 0. The van der Waals surface area contributed by atoms with Gasteiger partial charge < -0.3 is 0 Å². The Morgan fingerprint density at radius 3 is 1.83 bits per heavy atom. The summed E-state index contributed by atoms with van der Waals surface area (Å²) in [6.07, 6.45) is 0. The van der Waals surface area contributed by atoms with E-state index in [-0.39, 0.29) is 5.41 Å². The van der Waals surface area contributed by atoms with Crippen LogP contribution in [0.2, 0.25) is 0 Å². The SMILES string of the molecule is CC1(C)c2cc(-c3ccc(-c4ccc5ccc6cccc7ccc4c5c67)cc3)ccc2-c2c1ccc1ccccc21. The lowest BCUT2D eigenvalue weighted by atomic mass is 9.81. The third kappa shape index (κ3) is 3.11. The first kappa shape index (κ1) is 22.8. The van der Waals surface area contributed by atoms with E-state index < -0.39 is 0 Å². The van der Waals surface area contributed by atoms with Gasteiger partial charge in [-0.05, 0) is 93.7 Å². The van der Waals surface area contributed by atoms with E-state index in [0.717, 1.165) is 0 Å². The van der Waals surface area contributed by atoms with Gasteiger partial charge >= 0.3 is 0 Å². The summed E-state index contributed by atoms with van der Waals surface area (Å²) in [4.78, 5) is 0. The number of benzene rings is 8. The topological polar surface area (TPSA) is 0 Å². The molecule has 8 aromatic carbocycles. The zero-order valence-corrected chi connectivity index (χ0v) is 23.2. The maximum Gasteiger partial charge on any atom is 0.0159 e. The van der Waals surface area contributed by atoms with Crippen LogP contribution in [0.5, 0.6) is 0 Å². The van der Waals surface area contributed by atoms with Crippen LogP contribution in [0, 0.1) is 0 Å². The second-order valence-corrected chi connectivity index (χ2v) is 12.1. The highest BCUT2D eigenvalue weighted by atomic mass is 14.4. The van der Waals surface area contributed by atoms with Crippen LogP contribution < -0.4 is 0 Å². The quantitative estimate of drug-likeness (QED) is 0.199. The van der Waals surface area contributed by atoms with Gasteiger partial charge in [-0.25, -0.2) is 0 Å². The molecule has 0 saturated heterocycles. The molecule has 0 atom stereocenters. The van der Waals surface area contributed by atoms with Crippen LogP contribution in [0.15, 0.2) is 133 Å². The molecule has 192 valence electrons. The van der Waals surface area contributed by atoms with E-state index in [9.17, 15) is 0 Å². The number of fused-ring (bicyclic) bond motifs is 5. The molecule has 0 bridgehead atoms. The van der Waals surface area contributed by atoms with Crippen molar-refractivity contribution in [3.05, 3.63) is 145 Å². The minimum absolute atomic E-state index is 0.0353. The highest BCUT2D eigenvalue weighted by Gasteiger charge is 2.36. The molecule has 0 aliphatic heterocycles. The second-order valence-electron chi connectivity index (χ2n) is 12.1. The summed E-state index contributed by atoms with van der Waals surface area (Å²) < 4.78 is 0. The number of rotatable bonds is 2. The van der Waals surface area contributed by atoms with Crippen molar-refractivity contribution in [2.24, 2.45) is 0 Å². The van der Waals surface area contributed by atoms with Gasteiger partial charge in [0.25, 0.3) is 0 Å². The Morgan fingerprint density at radius 1 is 0.390 bits per heavy atom. The first-order valence-electron chi connectivity index (χ1n) is 14.5. The Hall–Kier alpha value is -4.94. The van der Waals surface area contributed by atoms with Gasteiger partial charge in [-0.1, -0.05) is 141 Å². The van der Waals surface area contributed by atoms with E-state index in [4.69, 9.17) is 0 Å². The fraction of sp³-hybridized carbons (Fsp3) is 0.0732. The predicted molar refractivity (Wildman–Crippen MR) is 176 cm³/mol. The largest absolute Gasteiger partial charge is 0.0616 e. The van der Waals surface area contributed by atoms with E-state index in [1.807, 2.05) is 0 Å². The minimum Gasteiger partial charge on any atom is -0.0616 e. The monoisotopic (exact) mass is 520 g/mol. The Labute approximate surface area is 239 Å². The van der Waals surface area contributed by atoms with Crippen LogP contribution in [0.3, 0.4) is 0 Å². The van der Waals surface area contributed by atoms with E-state index in [2.05, 4.69) is 147 Å². The van der Waals surface area contributed by atoms with Crippen LogP contribution in [0.1, 0.15) is 25.0 Å². The molecule has 0 nitrogen and oxygen atoms in total. The lowest BCUT2D eigenvalue weighted by Crippen LogP contribution is -2.15. The second kappa shape index (κ2) is 8.05. The maximum atomic E-state index is 2.43. The standard InChI is InChI=1S/C41H28/c1-41(2)36-23-19-26-6-3-4-9-33(26)40(36)35-22-18-31(24-37(35)41)25-10-12-27(13-11-25)32-20-16-30-15-14-28-7-5-8-29-17-21-34(32)39(30)38(28)29/h3-24H,1-2H3. The Bertz CT molecular complexity index is 2300. The van der Waals surface area contributed by atoms with Gasteiger partial charge in [0, 0.05) is 5.41 Å². The molecule has 0 fully saturated rings. The van der Waals surface area contributed by atoms with Gasteiger partial charge in [0.2, 0.25) is 0 Å². The van der Waals surface area contributed by atoms with Crippen molar-refractivity contribution in [3.63, 3.8) is 0 Å². The molecule has 0 spiro atoms. The van der Waals surface area contributed by atoms with Crippen LogP contribution in [0.4, 0.5) is 0 Å². The normalized spacial score (nSPS) is 13.8. The lowest BCUT2D eigenvalue weighted by molar-refractivity contribution is 0.661. The number of hydrogen-bond donors (Lipinski definition) is 0. The summed E-state index contributed by atoms with van der Waals surface area (Å²) >= 11 is 0. The van der Waals surface area contributed by atoms with E-state index >= 15 is 0 Å². The van der Waals surface area contributed by atoms with Crippen molar-refractivity contribution in [2.45, 2.75) is 19.3 Å². The van der Waals surface area contributed by atoms with Crippen molar-refractivity contribution in [3.8, 4) is 33.4 Å². The third-order valence-corrected chi connectivity index (χ3v) is 9.62. The molecule has 0 heterocycles. The third-order valence-electron chi connectivity index (χ3n) is 9.62. The van der Waals surface area contributed by atoms with Gasteiger partial charge in [-0.2, -0.15) is 0 Å². The van der Waals surface area contributed by atoms with Crippen LogP contribution >= 0.6 is 0 Å². The number of hydrogen-bond acceptors (Lipinski definition) is 0. The smallest absolute Gasteiger partial charge is 0.0159 e. The molecular formula is C41H28. The first-order valence-corrected chi connectivity index (χ1v) is 14.5. The molecule has 0 aromatic heterocycles. The van der Waals surface area contributed by atoms with Gasteiger partial charge in [0.1, 0.15) is 0 Å². The van der Waals surface area contributed by atoms with Gasteiger partial charge in [-0.15, -0.1) is 0 Å². The van der Waals surface area contributed by atoms with Crippen molar-refractivity contribution in [1.29, 1.82) is 0 Å². The maximum absolute atomic E-state index is 2.43. The Kier molecular flexibility index (Phi) is 4.49. The Morgan fingerprint density at radius 2 is 1.00 bits per heavy atom. The highest BCUT2D eigenvalue weighted by Crippen LogP contribution is 2.52. The molecule has 0 heteroatoms. The van der Waals surface area contributed by atoms with Crippen molar-refractivity contribution in [1.82, 2.24) is 0 Å². The van der Waals surface area contributed by atoms with Gasteiger partial charge in [-0.3, -0.25) is 0 Å².